The molecule has 1 rings (SSSR count). The molecule has 0 unspecified atom stereocenters. The van der Waals surface area contributed by atoms with Crippen molar-refractivity contribution in [3.63, 3.8) is 0 Å². The highest BCUT2D eigenvalue weighted by atomic mass is 15.1. The highest BCUT2D eigenvalue weighted by Crippen LogP contribution is 1.96. The van der Waals surface area contributed by atoms with Gasteiger partial charge in [0.05, 0.1) is 0 Å². The summed E-state index contributed by atoms with van der Waals surface area (Å²) in [5.41, 5.74) is 1.03. The van der Waals surface area contributed by atoms with Crippen molar-refractivity contribution in [2.24, 2.45) is 10.9 Å². The Kier molecular flexibility index (Phi) is 2.86. The molecule has 0 saturated heterocycles. The third kappa shape index (κ3) is 2.62. The molecule has 0 aliphatic rings. The van der Waals surface area contributed by atoms with E-state index in [2.05, 4.69) is 10.1 Å². The van der Waals surface area contributed by atoms with Gasteiger partial charge in [-0.05, 0) is 17.7 Å². The highest BCUT2D eigenvalue weighted by Gasteiger charge is 1.80. The van der Waals surface area contributed by atoms with Crippen LogP contribution in [0.5, 0.6) is 0 Å². The minimum atomic E-state index is 1.03. The van der Waals surface area contributed by atoms with E-state index in [0.717, 1.165) is 5.56 Å². The largest absolute Gasteiger partial charge is 0.323 e. The van der Waals surface area contributed by atoms with E-state index in [1.54, 1.807) is 18.5 Å². The Morgan fingerprint density at radius 2 is 2.45 bits per heavy atom. The van der Waals surface area contributed by atoms with Crippen molar-refractivity contribution in [3.05, 3.63) is 36.2 Å². The minimum Gasteiger partial charge on any atom is -0.323 e. The van der Waals surface area contributed by atoms with Crippen LogP contribution in [0.3, 0.4) is 0 Å². The highest BCUT2D eigenvalue weighted by molar-refractivity contribution is 5.77. The summed E-state index contributed by atoms with van der Waals surface area (Å²) in [4.78, 5) is 3.94. The maximum atomic E-state index is 4.90. The van der Waals surface area contributed by atoms with Gasteiger partial charge in [0, 0.05) is 18.6 Å². The predicted octanol–water partition coefficient (Wildman–Crippen LogP) is 1.04. The first-order valence-electron chi connectivity index (χ1n) is 3.23. The molecule has 2 N–H and O–H groups in total. The lowest BCUT2D eigenvalue weighted by molar-refractivity contribution is 1.27. The van der Waals surface area contributed by atoms with Crippen LogP contribution in [-0.2, 0) is 0 Å². The summed E-state index contributed by atoms with van der Waals surface area (Å²) in [5, 5.41) is 3.32. The monoisotopic (exact) mass is 147 g/mol. The second-order valence-corrected chi connectivity index (χ2v) is 1.94. The zero-order valence-electron chi connectivity index (χ0n) is 6.01. The molecular formula is C8H9N3. The molecule has 11 heavy (non-hydrogen) atoms. The van der Waals surface area contributed by atoms with Gasteiger partial charge in [-0.2, -0.15) is 5.10 Å². The van der Waals surface area contributed by atoms with Gasteiger partial charge < -0.3 is 5.84 Å². The van der Waals surface area contributed by atoms with Gasteiger partial charge in [0.25, 0.3) is 0 Å². The molecule has 0 radical (unpaired) electrons. The van der Waals surface area contributed by atoms with Crippen molar-refractivity contribution >= 4 is 12.3 Å². The number of pyridine rings is 1. The number of hydrogen-bond acceptors (Lipinski definition) is 3. The number of rotatable bonds is 2. The van der Waals surface area contributed by atoms with Crippen molar-refractivity contribution in [2.45, 2.75) is 0 Å². The SMILES string of the molecule is N/N=C\C=C\c1cccnc1. The number of hydrogen-bond donors (Lipinski definition) is 1. The van der Waals surface area contributed by atoms with Crippen LogP contribution in [0.25, 0.3) is 6.08 Å². The van der Waals surface area contributed by atoms with E-state index in [9.17, 15) is 0 Å². The molecule has 0 atom stereocenters. The van der Waals surface area contributed by atoms with E-state index >= 15 is 0 Å². The number of aromatic nitrogens is 1. The van der Waals surface area contributed by atoms with Gasteiger partial charge in [-0.25, -0.2) is 0 Å². The van der Waals surface area contributed by atoms with Crippen molar-refractivity contribution < 1.29 is 0 Å². The molecule has 0 amide bonds. The second kappa shape index (κ2) is 4.22. The fraction of sp³-hybridized carbons (Fsp3) is 0. The summed E-state index contributed by atoms with van der Waals surface area (Å²) in [6, 6.07) is 3.83. The maximum Gasteiger partial charge on any atom is 0.0465 e. The molecule has 1 heterocycles. The van der Waals surface area contributed by atoms with Crippen LogP contribution in [0, 0.1) is 0 Å². The fourth-order valence-electron chi connectivity index (χ4n) is 0.678. The van der Waals surface area contributed by atoms with E-state index in [4.69, 9.17) is 5.84 Å². The van der Waals surface area contributed by atoms with Gasteiger partial charge in [-0.15, -0.1) is 0 Å². The van der Waals surface area contributed by atoms with Crippen LogP contribution in [0.4, 0.5) is 0 Å². The Morgan fingerprint density at radius 1 is 1.55 bits per heavy atom. The van der Waals surface area contributed by atoms with Crippen LogP contribution in [0.15, 0.2) is 35.7 Å². The molecule has 0 spiro atoms. The van der Waals surface area contributed by atoms with Crippen LogP contribution >= 0.6 is 0 Å². The summed E-state index contributed by atoms with van der Waals surface area (Å²) in [6.07, 6.45) is 8.66. The molecule has 0 bridgehead atoms. The van der Waals surface area contributed by atoms with Crippen LogP contribution in [-0.4, -0.2) is 11.2 Å². The number of nitrogens with two attached hydrogens (primary N) is 1. The number of nitrogens with zero attached hydrogens (tertiary/aromatic N) is 2. The van der Waals surface area contributed by atoms with Crippen LogP contribution in [0.1, 0.15) is 5.56 Å². The van der Waals surface area contributed by atoms with Gasteiger partial charge in [-0.3, -0.25) is 4.98 Å². The average Bonchev–Trinajstić information content (AvgIpc) is 2.07. The predicted molar refractivity (Wildman–Crippen MR) is 46.0 cm³/mol. The van der Waals surface area contributed by atoms with E-state index in [1.165, 1.54) is 6.21 Å². The Morgan fingerprint density at radius 3 is 3.09 bits per heavy atom. The molecule has 56 valence electrons. The number of allylic oxidation sites excluding steroid dienone is 1. The summed E-state index contributed by atoms with van der Waals surface area (Å²) < 4.78 is 0. The van der Waals surface area contributed by atoms with Gasteiger partial charge in [0.15, 0.2) is 0 Å². The lowest BCUT2D eigenvalue weighted by Crippen LogP contribution is -1.78. The third-order valence-electron chi connectivity index (χ3n) is 1.15. The molecular weight excluding hydrogens is 138 g/mol. The zero-order valence-corrected chi connectivity index (χ0v) is 6.01. The Bertz CT molecular complexity index is 251. The molecule has 3 heteroatoms. The molecule has 0 aromatic carbocycles. The summed E-state index contributed by atoms with van der Waals surface area (Å²) in [6.45, 7) is 0. The van der Waals surface area contributed by atoms with Crippen molar-refractivity contribution in [1.82, 2.24) is 4.98 Å². The summed E-state index contributed by atoms with van der Waals surface area (Å²) >= 11 is 0. The van der Waals surface area contributed by atoms with E-state index in [0.29, 0.717) is 0 Å². The Balaban J connectivity index is 2.64. The standard InChI is InChI=1S/C8H9N3/c9-11-6-2-4-8-3-1-5-10-7-8/h1-7H,9H2/b4-2+,11-6-. The first-order chi connectivity index (χ1) is 5.43. The van der Waals surface area contributed by atoms with Crippen LogP contribution in [0.2, 0.25) is 0 Å². The summed E-state index contributed by atoms with van der Waals surface area (Å²) in [7, 11) is 0. The number of hydrazone groups is 1. The quantitative estimate of drug-likeness (QED) is 0.386. The molecule has 1 aromatic heterocycles. The minimum absolute atomic E-state index is 1.03. The Hall–Kier alpha value is -1.64. The molecule has 1 aromatic rings. The van der Waals surface area contributed by atoms with Crippen molar-refractivity contribution in [2.75, 3.05) is 0 Å². The van der Waals surface area contributed by atoms with Gasteiger partial charge in [0.2, 0.25) is 0 Å². The lowest BCUT2D eigenvalue weighted by atomic mass is 10.3. The first kappa shape index (κ1) is 7.47. The molecule has 0 saturated carbocycles. The first-order valence-corrected chi connectivity index (χ1v) is 3.23. The Labute approximate surface area is 65.3 Å². The molecule has 0 fully saturated rings. The zero-order chi connectivity index (χ0) is 7.94. The third-order valence-corrected chi connectivity index (χ3v) is 1.15. The smallest absolute Gasteiger partial charge is 0.0465 e. The molecule has 3 nitrogen and oxygen atoms in total. The van der Waals surface area contributed by atoms with E-state index < -0.39 is 0 Å². The molecule has 0 aliphatic heterocycles. The van der Waals surface area contributed by atoms with Gasteiger partial charge in [0.1, 0.15) is 0 Å². The van der Waals surface area contributed by atoms with Crippen LogP contribution < -0.4 is 5.84 Å². The van der Waals surface area contributed by atoms with E-state index in [1.807, 2.05) is 18.2 Å². The van der Waals surface area contributed by atoms with Crippen molar-refractivity contribution in [3.8, 4) is 0 Å². The van der Waals surface area contributed by atoms with Gasteiger partial charge >= 0.3 is 0 Å². The van der Waals surface area contributed by atoms with E-state index in [-0.39, 0.29) is 0 Å². The molecule has 0 aliphatic carbocycles. The topological polar surface area (TPSA) is 51.3 Å². The summed E-state index contributed by atoms with van der Waals surface area (Å²) in [5.74, 6) is 4.90. The average molecular weight is 147 g/mol. The lowest BCUT2D eigenvalue weighted by Gasteiger charge is -1.86. The van der Waals surface area contributed by atoms with Gasteiger partial charge in [-0.1, -0.05) is 12.1 Å². The fourth-order valence-corrected chi connectivity index (χ4v) is 0.678. The second-order valence-electron chi connectivity index (χ2n) is 1.94. The van der Waals surface area contributed by atoms with Crippen molar-refractivity contribution in [1.29, 1.82) is 0 Å². The normalized spacial score (nSPS) is 11.3. The maximum absolute atomic E-state index is 4.90.